The van der Waals surface area contributed by atoms with Crippen LogP contribution in [0.5, 0.6) is 0 Å². The molecular formula is C22H20N6O2. The second kappa shape index (κ2) is 8.12. The molecule has 1 aromatic carbocycles. The summed E-state index contributed by atoms with van der Waals surface area (Å²) >= 11 is 0. The lowest BCUT2D eigenvalue weighted by molar-refractivity contribution is 0.101. The quantitative estimate of drug-likeness (QED) is 0.500. The molecule has 0 aliphatic heterocycles. The molecule has 4 aromatic rings. The summed E-state index contributed by atoms with van der Waals surface area (Å²) in [6, 6.07) is 12.3. The molecule has 3 aromatic heterocycles. The molecule has 0 saturated heterocycles. The van der Waals surface area contributed by atoms with E-state index in [1.54, 1.807) is 43.8 Å². The number of carbonyl (C=O) groups excluding carboxylic acids is 1. The largest absolute Gasteiger partial charge is 0.348 e. The van der Waals surface area contributed by atoms with Gasteiger partial charge in [0.15, 0.2) is 5.78 Å². The van der Waals surface area contributed by atoms with E-state index in [0.717, 1.165) is 11.1 Å². The molecule has 0 aliphatic carbocycles. The number of hydrogen-bond acceptors (Lipinski definition) is 6. The van der Waals surface area contributed by atoms with Crippen molar-refractivity contribution in [3.8, 4) is 22.6 Å². The summed E-state index contributed by atoms with van der Waals surface area (Å²) in [7, 11) is 3.49. The number of ketones is 1. The maximum absolute atomic E-state index is 13.0. The maximum Gasteiger partial charge on any atom is 0.255 e. The van der Waals surface area contributed by atoms with Crippen molar-refractivity contribution < 1.29 is 4.79 Å². The fourth-order valence-electron chi connectivity index (χ4n) is 3.17. The number of nitrogens with zero attached hydrogens (tertiary/aromatic N) is 5. The first-order valence-electron chi connectivity index (χ1n) is 9.37. The van der Waals surface area contributed by atoms with Crippen LogP contribution in [0.25, 0.3) is 22.6 Å². The predicted molar refractivity (Wildman–Crippen MR) is 114 cm³/mol. The summed E-state index contributed by atoms with van der Waals surface area (Å²) in [5, 5.41) is 3.01. The van der Waals surface area contributed by atoms with Crippen LogP contribution in [0.15, 0.2) is 72.0 Å². The molecule has 0 radical (unpaired) electrons. The van der Waals surface area contributed by atoms with Gasteiger partial charge < -0.3 is 9.88 Å². The van der Waals surface area contributed by atoms with Crippen LogP contribution in [-0.2, 0) is 14.1 Å². The molecule has 3 heterocycles. The van der Waals surface area contributed by atoms with Gasteiger partial charge in [0.05, 0.1) is 12.2 Å². The minimum absolute atomic E-state index is 0.0124. The van der Waals surface area contributed by atoms with Crippen LogP contribution in [0.3, 0.4) is 0 Å². The van der Waals surface area contributed by atoms with E-state index >= 15 is 0 Å². The molecule has 4 rings (SSSR count). The number of hydrogen-bond donors (Lipinski definition) is 1. The summed E-state index contributed by atoms with van der Waals surface area (Å²) in [5.74, 6) is 0.901. The van der Waals surface area contributed by atoms with Gasteiger partial charge in [-0.25, -0.2) is 9.97 Å². The Labute approximate surface area is 172 Å². The number of rotatable bonds is 6. The van der Waals surface area contributed by atoms with Crippen molar-refractivity contribution in [1.29, 1.82) is 0 Å². The number of benzene rings is 1. The van der Waals surface area contributed by atoms with Gasteiger partial charge in [-0.1, -0.05) is 24.3 Å². The summed E-state index contributed by atoms with van der Waals surface area (Å²) in [6.45, 7) is -0.0124. The summed E-state index contributed by atoms with van der Waals surface area (Å²) in [5.41, 5.74) is 2.38. The third-order valence-electron chi connectivity index (χ3n) is 4.81. The van der Waals surface area contributed by atoms with Crippen molar-refractivity contribution in [2.24, 2.45) is 14.1 Å². The number of pyridine rings is 1. The number of nitrogens with one attached hydrogen (secondary N) is 1. The Morgan fingerprint density at radius 2 is 1.83 bits per heavy atom. The Hall–Kier alpha value is -4.07. The van der Waals surface area contributed by atoms with Crippen molar-refractivity contribution in [3.63, 3.8) is 0 Å². The van der Waals surface area contributed by atoms with Gasteiger partial charge in [0, 0.05) is 61.6 Å². The Kier molecular flexibility index (Phi) is 5.21. The van der Waals surface area contributed by atoms with E-state index in [1.165, 1.54) is 10.6 Å². The smallest absolute Gasteiger partial charge is 0.255 e. The van der Waals surface area contributed by atoms with Crippen molar-refractivity contribution in [2.45, 2.75) is 0 Å². The highest BCUT2D eigenvalue weighted by molar-refractivity contribution is 6.03. The molecule has 0 aliphatic rings. The monoisotopic (exact) mass is 400 g/mol. The van der Waals surface area contributed by atoms with E-state index < -0.39 is 0 Å². The molecule has 0 atom stereocenters. The average Bonchev–Trinajstić information content (AvgIpc) is 3.20. The third kappa shape index (κ3) is 3.75. The van der Waals surface area contributed by atoms with Crippen LogP contribution in [-0.4, -0.2) is 36.4 Å². The molecule has 150 valence electrons. The molecule has 30 heavy (non-hydrogen) atoms. The van der Waals surface area contributed by atoms with Gasteiger partial charge in [-0.2, -0.15) is 0 Å². The Balaban J connectivity index is 1.61. The van der Waals surface area contributed by atoms with Crippen molar-refractivity contribution in [1.82, 2.24) is 24.1 Å². The molecule has 0 bridgehead atoms. The lowest BCUT2D eigenvalue weighted by Crippen LogP contribution is -2.25. The summed E-state index contributed by atoms with van der Waals surface area (Å²) < 4.78 is 3.24. The molecular weight excluding hydrogens is 380 g/mol. The first kappa shape index (κ1) is 19.3. The van der Waals surface area contributed by atoms with Crippen molar-refractivity contribution in [2.75, 3.05) is 11.9 Å². The molecule has 0 unspecified atom stereocenters. The summed E-state index contributed by atoms with van der Waals surface area (Å²) in [4.78, 5) is 38.2. The Bertz CT molecular complexity index is 1260. The molecule has 0 fully saturated rings. The first-order chi connectivity index (χ1) is 14.5. The van der Waals surface area contributed by atoms with E-state index in [9.17, 15) is 9.59 Å². The van der Waals surface area contributed by atoms with Gasteiger partial charge in [-0.15, -0.1) is 0 Å². The van der Waals surface area contributed by atoms with Crippen LogP contribution < -0.4 is 10.9 Å². The third-order valence-corrected chi connectivity index (χ3v) is 4.81. The Morgan fingerprint density at radius 3 is 2.57 bits per heavy atom. The van der Waals surface area contributed by atoms with E-state index in [-0.39, 0.29) is 17.9 Å². The van der Waals surface area contributed by atoms with Gasteiger partial charge >= 0.3 is 0 Å². The van der Waals surface area contributed by atoms with Gasteiger partial charge in [0.2, 0.25) is 5.95 Å². The van der Waals surface area contributed by atoms with Crippen molar-refractivity contribution >= 4 is 11.7 Å². The highest BCUT2D eigenvalue weighted by Crippen LogP contribution is 2.22. The van der Waals surface area contributed by atoms with Crippen LogP contribution in [0.4, 0.5) is 5.95 Å². The van der Waals surface area contributed by atoms with Crippen LogP contribution in [0.1, 0.15) is 10.4 Å². The zero-order chi connectivity index (χ0) is 21.1. The lowest BCUT2D eigenvalue weighted by Gasteiger charge is -2.13. The predicted octanol–water partition coefficient (Wildman–Crippen LogP) is 2.54. The van der Waals surface area contributed by atoms with Crippen LogP contribution in [0.2, 0.25) is 0 Å². The van der Waals surface area contributed by atoms with Gasteiger partial charge in [-0.3, -0.25) is 19.1 Å². The number of carbonyl (C=O) groups is 1. The molecule has 8 nitrogen and oxygen atoms in total. The van der Waals surface area contributed by atoms with Crippen LogP contribution >= 0.6 is 0 Å². The molecule has 0 amide bonds. The van der Waals surface area contributed by atoms with Gasteiger partial charge in [-0.05, 0) is 12.1 Å². The zero-order valence-electron chi connectivity index (χ0n) is 16.6. The maximum atomic E-state index is 13.0. The van der Waals surface area contributed by atoms with Gasteiger partial charge in [0.25, 0.3) is 5.56 Å². The minimum Gasteiger partial charge on any atom is -0.348 e. The fraction of sp³-hybridized carbons (Fsp3) is 0.136. The standard InChI is InChI=1S/C22H20N6O2/c1-27-12-11-24-21(27)17-6-4-3-5-16(17)19(29)14-25-22-26-18(13-20(30)28(22)2)15-7-9-23-10-8-15/h3-13H,14H2,1-2H3,(H,25,26). The Morgan fingerprint density at radius 1 is 1.07 bits per heavy atom. The minimum atomic E-state index is -0.222. The second-order valence-corrected chi connectivity index (χ2v) is 6.78. The van der Waals surface area contributed by atoms with E-state index in [0.29, 0.717) is 23.0 Å². The highest BCUT2D eigenvalue weighted by Gasteiger charge is 2.16. The number of aromatic nitrogens is 5. The molecule has 8 heteroatoms. The van der Waals surface area contributed by atoms with Gasteiger partial charge in [0.1, 0.15) is 5.82 Å². The zero-order valence-corrected chi connectivity index (χ0v) is 16.6. The summed E-state index contributed by atoms with van der Waals surface area (Å²) in [6.07, 6.45) is 6.80. The number of imidazole rings is 1. The average molecular weight is 400 g/mol. The number of aryl methyl sites for hydroxylation is 1. The SMILES string of the molecule is Cn1ccnc1-c1ccccc1C(=O)CNc1nc(-c2ccncc2)cc(=O)n1C. The van der Waals surface area contributed by atoms with E-state index in [2.05, 4.69) is 20.3 Å². The van der Waals surface area contributed by atoms with E-state index in [1.807, 2.05) is 36.0 Å². The number of anilines is 1. The normalized spacial score (nSPS) is 10.7. The topological polar surface area (TPSA) is 94.7 Å². The highest BCUT2D eigenvalue weighted by atomic mass is 16.1. The van der Waals surface area contributed by atoms with E-state index in [4.69, 9.17) is 0 Å². The lowest BCUT2D eigenvalue weighted by atomic mass is 10.0. The molecule has 0 spiro atoms. The van der Waals surface area contributed by atoms with Crippen molar-refractivity contribution in [3.05, 3.63) is 83.2 Å². The molecule has 0 saturated carbocycles. The number of Topliss-reactive ketones (excluding diaryl/α,β-unsaturated/α-hetero) is 1. The first-order valence-corrected chi connectivity index (χ1v) is 9.37. The fourth-order valence-corrected chi connectivity index (χ4v) is 3.17. The molecule has 1 N–H and O–H groups in total. The van der Waals surface area contributed by atoms with Crippen LogP contribution in [0, 0.1) is 0 Å². The second-order valence-electron chi connectivity index (χ2n) is 6.78.